The summed E-state index contributed by atoms with van der Waals surface area (Å²) in [6, 6.07) is 5.65. The highest BCUT2D eigenvalue weighted by molar-refractivity contribution is 5.80. The maximum Gasteiger partial charge on any atom is 0.271 e. The Labute approximate surface area is 90.5 Å². The fraction of sp³-hybridized carbons (Fsp3) is 0.100. The lowest BCUT2D eigenvalue weighted by Crippen LogP contribution is -1.99. The summed E-state index contributed by atoms with van der Waals surface area (Å²) in [5, 5.41) is 27.8. The zero-order valence-corrected chi connectivity index (χ0v) is 8.01. The second-order valence-electron chi connectivity index (χ2n) is 2.88. The summed E-state index contributed by atoms with van der Waals surface area (Å²) < 4.78 is 0. The van der Waals surface area contributed by atoms with Crippen LogP contribution in [0.15, 0.2) is 12.1 Å². The van der Waals surface area contributed by atoms with E-state index in [0.29, 0.717) is 6.29 Å². The normalized spacial score (nSPS) is 8.88. The molecule has 0 aliphatic heterocycles. The van der Waals surface area contributed by atoms with E-state index in [4.69, 9.17) is 10.5 Å². The van der Waals surface area contributed by atoms with Crippen LogP contribution in [0.3, 0.4) is 0 Å². The Hall–Kier alpha value is -2.73. The molecule has 0 fully saturated rings. The number of non-ortho nitro benzene ring substituents is 1. The number of rotatable bonds is 3. The molecule has 0 spiro atoms. The van der Waals surface area contributed by atoms with Crippen LogP contribution in [0.2, 0.25) is 0 Å². The summed E-state index contributed by atoms with van der Waals surface area (Å²) in [6.07, 6.45) is 0.273. The third kappa shape index (κ3) is 2.02. The SMILES string of the molecule is N#CCc1c(C#N)cc([N+](=O)[O-])cc1C=O. The summed E-state index contributed by atoms with van der Waals surface area (Å²) in [7, 11) is 0. The zero-order valence-electron chi connectivity index (χ0n) is 8.01. The largest absolute Gasteiger partial charge is 0.298 e. The van der Waals surface area contributed by atoms with Crippen LogP contribution in [0.5, 0.6) is 0 Å². The molecule has 1 rings (SSSR count). The van der Waals surface area contributed by atoms with E-state index in [1.807, 2.05) is 0 Å². The third-order valence-corrected chi connectivity index (χ3v) is 1.98. The molecule has 0 aromatic heterocycles. The average molecular weight is 215 g/mol. The van der Waals surface area contributed by atoms with Gasteiger partial charge in [0.15, 0.2) is 6.29 Å². The predicted octanol–water partition coefficient (Wildman–Crippen LogP) is 1.35. The van der Waals surface area contributed by atoms with Gasteiger partial charge in [0.25, 0.3) is 5.69 Å². The lowest BCUT2D eigenvalue weighted by molar-refractivity contribution is -0.384. The van der Waals surface area contributed by atoms with Crippen molar-refractivity contribution in [1.29, 1.82) is 10.5 Å². The van der Waals surface area contributed by atoms with Crippen molar-refractivity contribution in [2.75, 3.05) is 0 Å². The lowest BCUT2D eigenvalue weighted by Gasteiger charge is -2.02. The molecule has 78 valence electrons. The van der Waals surface area contributed by atoms with Crippen LogP contribution in [-0.4, -0.2) is 11.2 Å². The Morgan fingerprint density at radius 1 is 1.44 bits per heavy atom. The van der Waals surface area contributed by atoms with Crippen molar-refractivity contribution in [1.82, 2.24) is 0 Å². The molecule has 0 bridgehead atoms. The second-order valence-corrected chi connectivity index (χ2v) is 2.88. The van der Waals surface area contributed by atoms with Crippen molar-refractivity contribution in [3.05, 3.63) is 38.9 Å². The van der Waals surface area contributed by atoms with E-state index in [1.165, 1.54) is 0 Å². The summed E-state index contributed by atoms with van der Waals surface area (Å²) in [5.74, 6) is 0. The van der Waals surface area contributed by atoms with Gasteiger partial charge >= 0.3 is 0 Å². The lowest BCUT2D eigenvalue weighted by atomic mass is 9.99. The molecule has 1 aromatic rings. The Balaban J connectivity index is 3.51. The first-order valence-corrected chi connectivity index (χ1v) is 4.17. The Bertz CT molecular complexity index is 537. The van der Waals surface area contributed by atoms with Crippen molar-refractivity contribution in [2.45, 2.75) is 6.42 Å². The molecule has 6 nitrogen and oxygen atoms in total. The molecule has 0 heterocycles. The van der Waals surface area contributed by atoms with Gasteiger partial charge in [-0.1, -0.05) is 0 Å². The maximum atomic E-state index is 10.7. The minimum Gasteiger partial charge on any atom is -0.298 e. The van der Waals surface area contributed by atoms with Crippen LogP contribution in [0, 0.1) is 32.8 Å². The van der Waals surface area contributed by atoms with E-state index >= 15 is 0 Å². The highest BCUT2D eigenvalue weighted by Crippen LogP contribution is 2.21. The van der Waals surface area contributed by atoms with Gasteiger partial charge in [0, 0.05) is 17.7 Å². The monoisotopic (exact) mass is 215 g/mol. The van der Waals surface area contributed by atoms with E-state index in [0.717, 1.165) is 12.1 Å². The van der Waals surface area contributed by atoms with Gasteiger partial charge in [-0.25, -0.2) is 0 Å². The number of nitro groups is 1. The highest BCUT2D eigenvalue weighted by Gasteiger charge is 2.15. The maximum absolute atomic E-state index is 10.7. The molecule has 0 aliphatic carbocycles. The molecule has 0 saturated heterocycles. The number of nitro benzene ring substituents is 1. The van der Waals surface area contributed by atoms with Crippen molar-refractivity contribution in [3.8, 4) is 12.1 Å². The molecule has 0 saturated carbocycles. The first kappa shape index (κ1) is 11.3. The Morgan fingerprint density at radius 3 is 2.56 bits per heavy atom. The van der Waals surface area contributed by atoms with Crippen LogP contribution < -0.4 is 0 Å². The standard InChI is InChI=1S/C10H5N3O3/c11-2-1-10-7(5-12)3-9(13(15)16)4-8(10)6-14/h3-4,6H,1H2. The van der Waals surface area contributed by atoms with Crippen molar-refractivity contribution < 1.29 is 9.72 Å². The van der Waals surface area contributed by atoms with E-state index < -0.39 is 4.92 Å². The minimum atomic E-state index is -0.690. The van der Waals surface area contributed by atoms with Gasteiger partial charge in [-0.15, -0.1) is 0 Å². The number of hydrogen-bond acceptors (Lipinski definition) is 5. The van der Waals surface area contributed by atoms with Crippen molar-refractivity contribution >= 4 is 12.0 Å². The molecule has 0 amide bonds. The molecule has 0 radical (unpaired) electrons. The molecule has 0 atom stereocenters. The van der Waals surface area contributed by atoms with Crippen molar-refractivity contribution in [2.24, 2.45) is 0 Å². The third-order valence-electron chi connectivity index (χ3n) is 1.98. The van der Waals surface area contributed by atoms with E-state index in [9.17, 15) is 14.9 Å². The molecule has 0 aliphatic rings. The predicted molar refractivity (Wildman–Crippen MR) is 52.5 cm³/mol. The summed E-state index contributed by atoms with van der Waals surface area (Å²) in [5.41, 5.74) is -0.115. The Morgan fingerprint density at radius 2 is 2.12 bits per heavy atom. The number of nitriles is 2. The minimum absolute atomic E-state index is 0.00676. The first-order chi connectivity index (χ1) is 7.63. The fourth-order valence-electron chi connectivity index (χ4n) is 1.27. The molecule has 0 N–H and O–H groups in total. The second kappa shape index (κ2) is 4.67. The highest BCUT2D eigenvalue weighted by atomic mass is 16.6. The van der Waals surface area contributed by atoms with Crippen LogP contribution in [0.1, 0.15) is 21.5 Å². The molecule has 16 heavy (non-hydrogen) atoms. The van der Waals surface area contributed by atoms with Gasteiger partial charge in [-0.05, 0) is 5.56 Å². The van der Waals surface area contributed by atoms with Gasteiger partial charge in [-0.2, -0.15) is 10.5 Å². The number of aldehydes is 1. The summed E-state index contributed by atoms with van der Waals surface area (Å²) in [6.45, 7) is 0. The van der Waals surface area contributed by atoms with Crippen LogP contribution in [0.4, 0.5) is 5.69 Å². The average Bonchev–Trinajstić information content (AvgIpc) is 2.29. The van der Waals surface area contributed by atoms with E-state index in [-0.39, 0.29) is 28.8 Å². The number of hydrogen-bond donors (Lipinski definition) is 0. The van der Waals surface area contributed by atoms with Gasteiger partial charge in [0.1, 0.15) is 0 Å². The molecule has 1 aromatic carbocycles. The quantitative estimate of drug-likeness (QED) is 0.429. The van der Waals surface area contributed by atoms with Gasteiger partial charge in [0.2, 0.25) is 0 Å². The number of nitrogens with zero attached hydrogens (tertiary/aromatic N) is 3. The smallest absolute Gasteiger partial charge is 0.271 e. The van der Waals surface area contributed by atoms with Crippen LogP contribution in [-0.2, 0) is 6.42 Å². The van der Waals surface area contributed by atoms with Gasteiger partial charge < -0.3 is 0 Å². The summed E-state index contributed by atoms with van der Waals surface area (Å²) >= 11 is 0. The topological polar surface area (TPSA) is 108 Å². The van der Waals surface area contributed by atoms with Crippen molar-refractivity contribution in [3.63, 3.8) is 0 Å². The summed E-state index contributed by atoms with van der Waals surface area (Å²) in [4.78, 5) is 20.5. The Kier molecular flexibility index (Phi) is 3.31. The zero-order chi connectivity index (χ0) is 12.1. The van der Waals surface area contributed by atoms with E-state index in [2.05, 4.69) is 0 Å². The molecular weight excluding hydrogens is 210 g/mol. The fourth-order valence-corrected chi connectivity index (χ4v) is 1.27. The number of benzene rings is 1. The van der Waals surface area contributed by atoms with Gasteiger partial charge in [0.05, 0.1) is 29.0 Å². The molecule has 6 heteroatoms. The van der Waals surface area contributed by atoms with E-state index in [1.54, 1.807) is 12.1 Å². The first-order valence-electron chi connectivity index (χ1n) is 4.17. The van der Waals surface area contributed by atoms with Crippen LogP contribution >= 0.6 is 0 Å². The number of carbonyl (C=O) groups is 1. The van der Waals surface area contributed by atoms with Crippen LogP contribution in [0.25, 0.3) is 0 Å². The molecular formula is C10H5N3O3. The molecule has 0 unspecified atom stereocenters. The van der Waals surface area contributed by atoms with Gasteiger partial charge in [-0.3, -0.25) is 14.9 Å². The number of carbonyl (C=O) groups excluding carboxylic acids is 1.